The molecule has 2 unspecified atom stereocenters. The van der Waals surface area contributed by atoms with Gasteiger partial charge < -0.3 is 30.0 Å². The second-order valence-electron chi connectivity index (χ2n) is 11.7. The summed E-state index contributed by atoms with van der Waals surface area (Å²) in [5.41, 5.74) is 4.44. The monoisotopic (exact) mass is 613 g/mol. The van der Waals surface area contributed by atoms with Crippen LogP contribution >= 0.6 is 0 Å². The van der Waals surface area contributed by atoms with Crippen molar-refractivity contribution in [2.24, 2.45) is 0 Å². The van der Waals surface area contributed by atoms with E-state index in [1.165, 1.54) is 19.3 Å². The topological polar surface area (TPSA) is 156 Å². The van der Waals surface area contributed by atoms with Gasteiger partial charge in [0.25, 0.3) is 5.91 Å². The third-order valence-electron chi connectivity index (χ3n) is 8.24. The number of fused-ring (bicyclic) bond motifs is 1. The van der Waals surface area contributed by atoms with Crippen LogP contribution in [-0.2, 0) is 20.8 Å². The maximum Gasteiger partial charge on any atom is 0.303 e. The van der Waals surface area contributed by atoms with Gasteiger partial charge in [0.05, 0.1) is 22.9 Å². The SMILES string of the molecule is CC(NC(=O)c1ccc2c(c1)nc(-c1ccoc1)n2C1CCCCC1)C(=O)NC(C)C(=O)Nc1ccc(CCCC(=O)O)cc1. The summed E-state index contributed by atoms with van der Waals surface area (Å²) in [6.07, 6.45) is 10.3. The molecule has 0 saturated heterocycles. The summed E-state index contributed by atoms with van der Waals surface area (Å²) in [6.45, 7) is 3.13. The van der Waals surface area contributed by atoms with Crippen LogP contribution in [0.3, 0.4) is 0 Å². The van der Waals surface area contributed by atoms with Gasteiger partial charge in [-0.15, -0.1) is 0 Å². The first-order valence-corrected chi connectivity index (χ1v) is 15.5. The van der Waals surface area contributed by atoms with Gasteiger partial charge in [-0.2, -0.15) is 0 Å². The average molecular weight is 614 g/mol. The Labute approximate surface area is 261 Å². The largest absolute Gasteiger partial charge is 0.481 e. The van der Waals surface area contributed by atoms with Crippen LogP contribution in [0.5, 0.6) is 0 Å². The van der Waals surface area contributed by atoms with E-state index < -0.39 is 35.8 Å². The molecule has 3 amide bonds. The van der Waals surface area contributed by atoms with E-state index in [4.69, 9.17) is 14.5 Å². The molecule has 5 rings (SSSR count). The standard InChI is InChI=1S/C34H39N5O6/c1-21(32(42)35-22(2)33(43)37-26-14-11-23(12-15-26)7-6-10-30(40)41)36-34(44)24-13-16-29-28(19-24)38-31(25-17-18-45-20-25)39(29)27-8-4-3-5-9-27/h11-22,27H,3-10H2,1-2H3,(H,35,42)(H,36,44)(H,37,43)(H,40,41). The van der Waals surface area contributed by atoms with Gasteiger partial charge in [-0.05, 0) is 81.5 Å². The highest BCUT2D eigenvalue weighted by Gasteiger charge is 2.25. The number of rotatable bonds is 12. The molecular weight excluding hydrogens is 574 g/mol. The van der Waals surface area contributed by atoms with Crippen molar-refractivity contribution in [3.8, 4) is 11.4 Å². The summed E-state index contributed by atoms with van der Waals surface area (Å²) < 4.78 is 7.60. The predicted molar refractivity (Wildman–Crippen MR) is 170 cm³/mol. The van der Waals surface area contributed by atoms with E-state index in [0.717, 1.165) is 35.3 Å². The molecule has 0 bridgehead atoms. The number of benzene rings is 2. The van der Waals surface area contributed by atoms with Crippen molar-refractivity contribution in [2.45, 2.75) is 83.3 Å². The summed E-state index contributed by atoms with van der Waals surface area (Å²) in [5, 5.41) is 16.9. The zero-order valence-electron chi connectivity index (χ0n) is 25.5. The van der Waals surface area contributed by atoms with Gasteiger partial charge in [-0.1, -0.05) is 31.4 Å². The Morgan fingerprint density at radius 3 is 2.38 bits per heavy atom. The molecule has 4 N–H and O–H groups in total. The minimum absolute atomic E-state index is 0.100. The molecule has 4 aromatic rings. The van der Waals surface area contributed by atoms with Gasteiger partial charge in [0.1, 0.15) is 24.2 Å². The summed E-state index contributed by atoms with van der Waals surface area (Å²) in [7, 11) is 0. The van der Waals surface area contributed by atoms with Crippen molar-refractivity contribution in [3.05, 3.63) is 72.2 Å². The quantitative estimate of drug-likeness (QED) is 0.165. The summed E-state index contributed by atoms with van der Waals surface area (Å²) in [6, 6.07) is 13.0. The lowest BCUT2D eigenvalue weighted by Crippen LogP contribution is -2.50. The van der Waals surface area contributed by atoms with Crippen LogP contribution in [0.1, 0.15) is 80.8 Å². The van der Waals surface area contributed by atoms with Crippen LogP contribution in [0, 0.1) is 0 Å². The highest BCUT2D eigenvalue weighted by molar-refractivity contribution is 6.01. The Bertz CT molecular complexity index is 1650. The van der Waals surface area contributed by atoms with E-state index in [2.05, 4.69) is 20.5 Å². The molecule has 45 heavy (non-hydrogen) atoms. The molecule has 2 atom stereocenters. The van der Waals surface area contributed by atoms with Crippen LogP contribution in [0.25, 0.3) is 22.4 Å². The predicted octanol–water partition coefficient (Wildman–Crippen LogP) is 5.47. The molecule has 0 aliphatic heterocycles. The third-order valence-corrected chi connectivity index (χ3v) is 8.24. The first kappa shape index (κ1) is 31.5. The van der Waals surface area contributed by atoms with Crippen LogP contribution in [0.15, 0.2) is 65.5 Å². The molecule has 0 radical (unpaired) electrons. The van der Waals surface area contributed by atoms with Crippen LogP contribution < -0.4 is 16.0 Å². The van der Waals surface area contributed by atoms with Gasteiger partial charge in [-0.3, -0.25) is 19.2 Å². The number of aromatic nitrogens is 2. The van der Waals surface area contributed by atoms with Gasteiger partial charge in [-0.25, -0.2) is 4.98 Å². The zero-order valence-corrected chi connectivity index (χ0v) is 25.5. The van der Waals surface area contributed by atoms with Crippen molar-refractivity contribution in [2.75, 3.05) is 5.32 Å². The number of aryl methyl sites for hydroxylation is 1. The minimum Gasteiger partial charge on any atom is -0.481 e. The zero-order chi connectivity index (χ0) is 31.9. The maximum atomic E-state index is 13.2. The number of aliphatic carboxylic acids is 1. The fourth-order valence-electron chi connectivity index (χ4n) is 5.74. The molecule has 1 saturated carbocycles. The molecule has 11 nitrogen and oxygen atoms in total. The number of anilines is 1. The van der Waals surface area contributed by atoms with Crippen molar-refractivity contribution < 1.29 is 28.7 Å². The molecule has 236 valence electrons. The van der Waals surface area contributed by atoms with Gasteiger partial charge >= 0.3 is 5.97 Å². The fourth-order valence-corrected chi connectivity index (χ4v) is 5.74. The van der Waals surface area contributed by atoms with Crippen LogP contribution in [0.4, 0.5) is 5.69 Å². The first-order chi connectivity index (χ1) is 21.7. The molecule has 1 aliphatic carbocycles. The number of carbonyl (C=O) groups is 4. The van der Waals surface area contributed by atoms with Gasteiger partial charge in [0.15, 0.2) is 0 Å². The highest BCUT2D eigenvalue weighted by Crippen LogP contribution is 2.36. The van der Waals surface area contributed by atoms with Crippen LogP contribution in [0.2, 0.25) is 0 Å². The van der Waals surface area contributed by atoms with Gasteiger partial charge in [0, 0.05) is 23.7 Å². The maximum absolute atomic E-state index is 13.2. The second-order valence-corrected chi connectivity index (χ2v) is 11.7. The molecule has 1 aliphatic rings. The molecule has 1 fully saturated rings. The Kier molecular flexibility index (Phi) is 9.96. The number of carboxylic acids is 1. The summed E-state index contributed by atoms with van der Waals surface area (Å²) in [5.74, 6) is -1.34. The molecule has 2 aromatic heterocycles. The van der Waals surface area contributed by atoms with Crippen molar-refractivity contribution >= 4 is 40.4 Å². The molecule has 11 heteroatoms. The number of hydrogen-bond acceptors (Lipinski definition) is 6. The first-order valence-electron chi connectivity index (χ1n) is 15.5. The lowest BCUT2D eigenvalue weighted by molar-refractivity contribution is -0.137. The van der Waals surface area contributed by atoms with E-state index in [0.29, 0.717) is 35.7 Å². The fraction of sp³-hybridized carbons (Fsp3) is 0.382. The van der Waals surface area contributed by atoms with E-state index in [9.17, 15) is 19.2 Å². The molecule has 0 spiro atoms. The van der Waals surface area contributed by atoms with E-state index in [1.54, 1.807) is 50.6 Å². The Balaban J connectivity index is 1.18. The van der Waals surface area contributed by atoms with E-state index in [1.807, 2.05) is 24.3 Å². The number of carbonyl (C=O) groups excluding carboxylic acids is 3. The van der Waals surface area contributed by atoms with E-state index in [-0.39, 0.29) is 6.42 Å². The van der Waals surface area contributed by atoms with Crippen molar-refractivity contribution in [1.29, 1.82) is 0 Å². The Hall–Kier alpha value is -4.93. The average Bonchev–Trinajstić information content (AvgIpc) is 3.70. The normalized spacial score (nSPS) is 14.9. The summed E-state index contributed by atoms with van der Waals surface area (Å²) in [4.78, 5) is 54.3. The number of furan rings is 1. The Morgan fingerprint density at radius 2 is 1.69 bits per heavy atom. The molecule has 2 heterocycles. The van der Waals surface area contributed by atoms with Crippen molar-refractivity contribution in [1.82, 2.24) is 20.2 Å². The van der Waals surface area contributed by atoms with Crippen molar-refractivity contribution in [3.63, 3.8) is 0 Å². The number of carboxylic acid groups (broad SMARTS) is 1. The summed E-state index contributed by atoms with van der Waals surface area (Å²) >= 11 is 0. The lowest BCUT2D eigenvalue weighted by atomic mass is 9.95. The van der Waals surface area contributed by atoms with E-state index >= 15 is 0 Å². The van der Waals surface area contributed by atoms with Gasteiger partial charge in [0.2, 0.25) is 11.8 Å². The number of nitrogens with zero attached hydrogens (tertiary/aromatic N) is 2. The number of imidazole rings is 1. The third kappa shape index (κ3) is 7.78. The number of amides is 3. The number of hydrogen-bond donors (Lipinski definition) is 4. The number of nitrogens with one attached hydrogen (secondary N) is 3. The second kappa shape index (κ2) is 14.2. The molecule has 2 aromatic carbocycles. The van der Waals surface area contributed by atoms with Crippen LogP contribution in [-0.4, -0.2) is 50.4 Å². The Morgan fingerprint density at radius 1 is 0.956 bits per heavy atom. The highest BCUT2D eigenvalue weighted by atomic mass is 16.4. The minimum atomic E-state index is -0.894. The lowest BCUT2D eigenvalue weighted by Gasteiger charge is -2.25. The smallest absolute Gasteiger partial charge is 0.303 e. The molecular formula is C34H39N5O6.